The molecule has 5 heteroatoms. The Labute approximate surface area is 187 Å². The van der Waals surface area contributed by atoms with E-state index in [1.165, 1.54) is 28.8 Å². The van der Waals surface area contributed by atoms with Crippen molar-refractivity contribution >= 4 is 23.0 Å². The van der Waals surface area contributed by atoms with Crippen LogP contribution in [0.1, 0.15) is 52.1 Å². The van der Waals surface area contributed by atoms with Crippen LogP contribution in [0, 0.1) is 0 Å². The third kappa shape index (κ3) is 2.85. The van der Waals surface area contributed by atoms with Crippen LogP contribution in [0.5, 0.6) is 11.5 Å². The summed E-state index contributed by atoms with van der Waals surface area (Å²) in [6.45, 7) is 2.23. The van der Waals surface area contributed by atoms with Gasteiger partial charge in [-0.25, -0.2) is 0 Å². The Bertz CT molecular complexity index is 1200. The second-order valence-corrected chi connectivity index (χ2v) is 9.19. The number of anilines is 2. The van der Waals surface area contributed by atoms with Gasteiger partial charge in [-0.05, 0) is 54.5 Å². The Kier molecular flexibility index (Phi) is 4.41. The third-order valence-corrected chi connectivity index (χ3v) is 7.33. The molecule has 3 aliphatic heterocycles. The van der Waals surface area contributed by atoms with Crippen LogP contribution >= 0.6 is 11.6 Å². The van der Waals surface area contributed by atoms with Crippen LogP contribution in [-0.2, 0) is 19.4 Å². The first-order valence-corrected chi connectivity index (χ1v) is 11.4. The highest BCUT2D eigenvalue weighted by atomic mass is 35.5. The summed E-state index contributed by atoms with van der Waals surface area (Å²) in [4.78, 5) is 2.53. The lowest BCUT2D eigenvalue weighted by atomic mass is 9.77. The van der Waals surface area contributed by atoms with Crippen molar-refractivity contribution in [2.45, 2.75) is 38.2 Å². The monoisotopic (exact) mass is 432 g/mol. The van der Waals surface area contributed by atoms with Gasteiger partial charge in [-0.2, -0.15) is 0 Å². The number of ether oxygens (including phenoxy) is 1. The number of rotatable bonds is 2. The fourth-order valence-electron chi connectivity index (χ4n) is 5.66. The van der Waals surface area contributed by atoms with E-state index in [0.717, 1.165) is 60.5 Å². The highest BCUT2D eigenvalue weighted by Crippen LogP contribution is 2.54. The fourth-order valence-corrected chi connectivity index (χ4v) is 5.83. The van der Waals surface area contributed by atoms with E-state index in [1.54, 1.807) is 0 Å². The van der Waals surface area contributed by atoms with Gasteiger partial charge in [-0.3, -0.25) is 0 Å². The number of aliphatic hydroxyl groups excluding tert-OH is 1. The van der Waals surface area contributed by atoms with Gasteiger partial charge in [0.2, 0.25) is 0 Å². The zero-order chi connectivity index (χ0) is 21.1. The highest BCUT2D eigenvalue weighted by molar-refractivity contribution is 6.33. The number of fused-ring (bicyclic) bond motifs is 3. The Morgan fingerprint density at radius 3 is 2.68 bits per heavy atom. The third-order valence-electron chi connectivity index (χ3n) is 7.00. The van der Waals surface area contributed by atoms with Gasteiger partial charge in [-0.15, -0.1) is 0 Å². The summed E-state index contributed by atoms with van der Waals surface area (Å²) in [5, 5.41) is 10.6. The lowest BCUT2D eigenvalue weighted by Crippen LogP contribution is -2.35. The maximum atomic E-state index is 10.1. The van der Waals surface area contributed by atoms with Crippen molar-refractivity contribution in [3.8, 4) is 11.5 Å². The highest BCUT2D eigenvalue weighted by Gasteiger charge is 2.36. The first-order valence-electron chi connectivity index (χ1n) is 11.0. The lowest BCUT2D eigenvalue weighted by molar-refractivity contribution is 0.280. The Morgan fingerprint density at radius 2 is 1.84 bits per heavy atom. The molecule has 0 saturated carbocycles. The molecule has 3 heterocycles. The molecule has 0 amide bonds. The minimum Gasteiger partial charge on any atom is -0.456 e. The van der Waals surface area contributed by atoms with Crippen molar-refractivity contribution in [3.63, 3.8) is 0 Å². The summed E-state index contributed by atoms with van der Waals surface area (Å²) in [7, 11) is 0. The molecular weight excluding hydrogens is 408 g/mol. The largest absolute Gasteiger partial charge is 0.456 e. The number of benzene rings is 3. The molecule has 0 saturated heterocycles. The summed E-state index contributed by atoms with van der Waals surface area (Å²) >= 11 is 6.46. The number of nitrogen functional groups attached to an aromatic ring is 1. The maximum absolute atomic E-state index is 10.1. The van der Waals surface area contributed by atoms with Crippen LogP contribution in [0.4, 0.5) is 11.4 Å². The maximum Gasteiger partial charge on any atom is 0.136 e. The zero-order valence-electron chi connectivity index (χ0n) is 17.3. The fraction of sp³-hybridized carbons (Fsp3) is 0.308. The van der Waals surface area contributed by atoms with E-state index in [9.17, 15) is 5.11 Å². The van der Waals surface area contributed by atoms with Gasteiger partial charge in [0.25, 0.3) is 0 Å². The molecule has 3 N–H and O–H groups in total. The molecule has 0 aliphatic carbocycles. The smallest absolute Gasteiger partial charge is 0.136 e. The number of nitrogens with two attached hydrogens (primary N) is 1. The lowest BCUT2D eigenvalue weighted by Gasteiger charge is -2.40. The van der Waals surface area contributed by atoms with Crippen molar-refractivity contribution in [1.29, 1.82) is 0 Å². The number of nitrogens with zero attached hydrogens (tertiary/aromatic N) is 1. The van der Waals surface area contributed by atoms with Gasteiger partial charge in [-0.1, -0.05) is 35.9 Å². The van der Waals surface area contributed by atoms with E-state index < -0.39 is 0 Å². The topological polar surface area (TPSA) is 58.7 Å². The minimum atomic E-state index is -0.0564. The first kappa shape index (κ1) is 19.0. The molecule has 0 spiro atoms. The number of hydrogen-bond donors (Lipinski definition) is 2. The van der Waals surface area contributed by atoms with E-state index in [1.807, 2.05) is 30.3 Å². The van der Waals surface area contributed by atoms with Crippen molar-refractivity contribution in [3.05, 3.63) is 80.9 Å². The van der Waals surface area contributed by atoms with Gasteiger partial charge in [0.1, 0.15) is 11.5 Å². The van der Waals surface area contributed by atoms with Gasteiger partial charge < -0.3 is 20.5 Å². The van der Waals surface area contributed by atoms with Crippen LogP contribution in [0.3, 0.4) is 0 Å². The summed E-state index contributed by atoms with van der Waals surface area (Å²) in [5.41, 5.74) is 15.0. The van der Waals surface area contributed by atoms with Gasteiger partial charge >= 0.3 is 0 Å². The Morgan fingerprint density at radius 1 is 1.03 bits per heavy atom. The van der Waals surface area contributed by atoms with Crippen LogP contribution in [-0.4, -0.2) is 18.2 Å². The SMILES string of the molecule is Nc1cc2c(cc1Cl)C(c1ccccc1CO)c1cc3c4c(c1O2)CCCN4CCC3. The molecule has 3 aliphatic rings. The van der Waals surface area contributed by atoms with Gasteiger partial charge in [0.15, 0.2) is 0 Å². The molecule has 6 rings (SSSR count). The number of hydrogen-bond acceptors (Lipinski definition) is 4. The van der Waals surface area contributed by atoms with E-state index in [2.05, 4.69) is 17.0 Å². The normalized spacial score (nSPS) is 18.6. The summed E-state index contributed by atoms with van der Waals surface area (Å²) in [5.74, 6) is 1.67. The number of aliphatic hydroxyl groups is 1. The number of halogens is 1. The summed E-state index contributed by atoms with van der Waals surface area (Å²) in [6, 6.07) is 14.2. The molecule has 31 heavy (non-hydrogen) atoms. The van der Waals surface area contributed by atoms with Crippen LogP contribution < -0.4 is 15.4 Å². The average Bonchev–Trinajstić information content (AvgIpc) is 2.79. The molecule has 3 aromatic rings. The Hall–Kier alpha value is -2.69. The van der Waals surface area contributed by atoms with E-state index in [-0.39, 0.29) is 12.5 Å². The summed E-state index contributed by atoms with van der Waals surface area (Å²) < 4.78 is 6.58. The van der Waals surface area contributed by atoms with Gasteiger partial charge in [0, 0.05) is 47.5 Å². The molecule has 4 nitrogen and oxygen atoms in total. The number of aryl methyl sites for hydroxylation is 1. The molecule has 1 atom stereocenters. The van der Waals surface area contributed by atoms with Crippen LogP contribution in [0.25, 0.3) is 0 Å². The van der Waals surface area contributed by atoms with Gasteiger partial charge in [0.05, 0.1) is 17.3 Å². The quantitative estimate of drug-likeness (QED) is 0.416. The molecule has 0 fully saturated rings. The van der Waals surface area contributed by atoms with Crippen molar-refractivity contribution in [1.82, 2.24) is 0 Å². The zero-order valence-corrected chi connectivity index (χ0v) is 18.1. The Balaban J connectivity index is 1.66. The second kappa shape index (κ2) is 7.18. The van der Waals surface area contributed by atoms with E-state index in [4.69, 9.17) is 22.1 Å². The van der Waals surface area contributed by atoms with Crippen LogP contribution in [0.15, 0.2) is 42.5 Å². The first-order chi connectivity index (χ1) is 15.2. The predicted octanol–water partition coefficient (Wildman–Crippen LogP) is 5.40. The molecule has 1 unspecified atom stereocenters. The van der Waals surface area contributed by atoms with Crippen molar-refractivity contribution in [2.75, 3.05) is 23.7 Å². The molecule has 3 aromatic carbocycles. The molecule has 0 radical (unpaired) electrons. The molecule has 0 aromatic heterocycles. The van der Waals surface area contributed by atoms with E-state index in [0.29, 0.717) is 10.7 Å². The van der Waals surface area contributed by atoms with Crippen molar-refractivity contribution in [2.24, 2.45) is 0 Å². The molecule has 0 bridgehead atoms. The van der Waals surface area contributed by atoms with E-state index >= 15 is 0 Å². The van der Waals surface area contributed by atoms with Crippen LogP contribution in [0.2, 0.25) is 5.02 Å². The van der Waals surface area contributed by atoms with Crippen molar-refractivity contribution < 1.29 is 9.84 Å². The molecular formula is C26H25ClN2O2. The minimum absolute atomic E-state index is 0.00746. The standard InChI is InChI=1S/C26H25ClN2O2/c27-21-12-19-23(13-22(21)28)31-26-18-8-4-10-29-9-3-6-15(25(18)29)11-20(26)24(19)17-7-2-1-5-16(17)14-30/h1-2,5,7,11-13,24,30H,3-4,6,8-10,14,28H2. The molecule has 158 valence electrons. The average molecular weight is 433 g/mol. The second-order valence-electron chi connectivity index (χ2n) is 8.78. The predicted molar refractivity (Wildman–Crippen MR) is 125 cm³/mol. The summed E-state index contributed by atoms with van der Waals surface area (Å²) in [6.07, 6.45) is 4.44.